The van der Waals surface area contributed by atoms with Crippen LogP contribution in [0.15, 0.2) is 53.8 Å². The lowest BCUT2D eigenvalue weighted by atomic mass is 10.1. The average Bonchev–Trinajstić information content (AvgIpc) is 3.25. The molecule has 1 fully saturated rings. The van der Waals surface area contributed by atoms with Crippen LogP contribution in [0, 0.1) is 11.6 Å². The number of carbonyl (C=O) groups excluding carboxylic acids is 1. The number of phosphoric ester groups is 1. The minimum Gasteiger partial charge on any atom is -0.313 e. The van der Waals surface area contributed by atoms with Gasteiger partial charge in [0.15, 0.2) is 0 Å². The van der Waals surface area contributed by atoms with Gasteiger partial charge in [-0.1, -0.05) is 0 Å². The van der Waals surface area contributed by atoms with Crippen molar-refractivity contribution < 1.29 is 58.4 Å². The zero-order valence-corrected chi connectivity index (χ0v) is 24.0. The molecule has 3 atom stereocenters. The zero-order chi connectivity index (χ0) is 32.6. The highest BCUT2D eigenvalue weighted by Gasteiger charge is 2.50. The Morgan fingerprint density at radius 3 is 2.30 bits per heavy atom. The monoisotopic (exact) mass is 669 g/mol. The fraction of sp³-hybridized carbons (Fsp3) is 0.333. The second kappa shape index (κ2) is 12.5. The van der Waals surface area contributed by atoms with Crippen molar-refractivity contribution in [2.75, 3.05) is 6.73 Å². The molecule has 0 unspecified atom stereocenters. The van der Waals surface area contributed by atoms with Crippen molar-refractivity contribution in [3.8, 4) is 11.3 Å². The normalized spacial score (nSPS) is 19.7. The molecule has 1 aliphatic rings. The smallest absolute Gasteiger partial charge is 0.313 e. The van der Waals surface area contributed by atoms with Crippen LogP contribution in [-0.4, -0.2) is 73.3 Å². The van der Waals surface area contributed by atoms with Gasteiger partial charge in [0.1, 0.15) is 30.6 Å². The first kappa shape index (κ1) is 33.4. The minimum absolute atomic E-state index is 0.0925. The summed E-state index contributed by atoms with van der Waals surface area (Å²) in [4.78, 5) is 42.3. The number of sulfonamides is 1. The van der Waals surface area contributed by atoms with E-state index >= 15 is 0 Å². The van der Waals surface area contributed by atoms with Gasteiger partial charge < -0.3 is 14.7 Å². The first-order valence-corrected chi connectivity index (χ1v) is 15.3. The lowest BCUT2D eigenvalue weighted by Gasteiger charge is -2.31. The Hall–Kier alpha value is -3.48. The molecule has 44 heavy (non-hydrogen) atoms. The van der Waals surface area contributed by atoms with Crippen LogP contribution in [0.5, 0.6) is 0 Å². The number of rotatable bonds is 9. The standard InChI is InChI=1S/C24H22F6N5O7PS/c1-13-18(26)7-21(35(13)44(40,41)17-4-2-16(25)3-5-17)22(36)34(12-42-43(37,38)39)11-14-6-20(31-10-19(14)27)15-8-32-23(33-9-15)24(28,29)30/h2-6,8-10,13,18,21H,7,11-12H2,1H3,(H2,37,38,39)/t13-,18+,21-/m0/s1. The highest BCUT2D eigenvalue weighted by molar-refractivity contribution is 7.89. The first-order chi connectivity index (χ1) is 20.4. The van der Waals surface area contributed by atoms with E-state index in [-0.39, 0.29) is 11.3 Å². The van der Waals surface area contributed by atoms with Crippen molar-refractivity contribution in [1.82, 2.24) is 24.2 Å². The Morgan fingerprint density at radius 1 is 1.11 bits per heavy atom. The van der Waals surface area contributed by atoms with E-state index in [4.69, 9.17) is 0 Å². The summed E-state index contributed by atoms with van der Waals surface area (Å²) >= 11 is 0. The van der Waals surface area contributed by atoms with Gasteiger partial charge in [0.25, 0.3) is 0 Å². The molecule has 0 saturated carbocycles. The molecule has 238 valence electrons. The maximum atomic E-state index is 14.9. The van der Waals surface area contributed by atoms with E-state index in [1.165, 1.54) is 6.92 Å². The van der Waals surface area contributed by atoms with Gasteiger partial charge in [0, 0.05) is 29.9 Å². The molecular formula is C24H22F6N5O7PS. The molecule has 3 aromatic rings. The molecule has 12 nitrogen and oxygen atoms in total. The van der Waals surface area contributed by atoms with Crippen LogP contribution in [0.2, 0.25) is 0 Å². The molecular weight excluding hydrogens is 647 g/mol. The van der Waals surface area contributed by atoms with Gasteiger partial charge in [-0.3, -0.25) is 14.3 Å². The SMILES string of the molecule is C[C@H]1[C@H](F)C[C@@H](C(=O)N(COP(=O)(O)O)Cc2cc(-c3cnc(C(F)(F)F)nc3)ncc2F)N1S(=O)(=O)c1ccc(F)cc1. The van der Waals surface area contributed by atoms with E-state index in [0.29, 0.717) is 15.4 Å². The molecule has 0 radical (unpaired) electrons. The van der Waals surface area contributed by atoms with Gasteiger partial charge in [-0.15, -0.1) is 0 Å². The number of nitrogens with zero attached hydrogens (tertiary/aromatic N) is 5. The summed E-state index contributed by atoms with van der Waals surface area (Å²) in [6.07, 6.45) is -5.24. The van der Waals surface area contributed by atoms with Crippen LogP contribution in [0.4, 0.5) is 26.3 Å². The lowest BCUT2D eigenvalue weighted by Crippen LogP contribution is -2.50. The molecule has 0 spiro atoms. The van der Waals surface area contributed by atoms with Crippen molar-refractivity contribution in [2.45, 2.75) is 49.2 Å². The molecule has 3 heterocycles. The van der Waals surface area contributed by atoms with Crippen molar-refractivity contribution in [3.05, 3.63) is 71.9 Å². The Balaban J connectivity index is 1.69. The summed E-state index contributed by atoms with van der Waals surface area (Å²) in [5.74, 6) is -4.52. The van der Waals surface area contributed by atoms with Crippen LogP contribution in [0.1, 0.15) is 24.7 Å². The molecule has 1 amide bonds. The van der Waals surface area contributed by atoms with Crippen LogP contribution < -0.4 is 0 Å². The van der Waals surface area contributed by atoms with Gasteiger partial charge in [-0.25, -0.2) is 36.1 Å². The van der Waals surface area contributed by atoms with Gasteiger partial charge in [-0.2, -0.15) is 17.5 Å². The minimum atomic E-state index is -5.26. The molecule has 4 rings (SSSR count). The summed E-state index contributed by atoms with van der Waals surface area (Å²) < 4.78 is 125. The number of pyridine rings is 1. The number of alkyl halides is 4. The Bertz CT molecular complexity index is 1680. The van der Waals surface area contributed by atoms with E-state index in [9.17, 15) is 53.9 Å². The number of hydrogen-bond acceptors (Lipinski definition) is 8. The molecule has 0 aliphatic carbocycles. The quantitative estimate of drug-likeness (QED) is 0.196. The number of carbonyl (C=O) groups is 1. The second-order valence-electron chi connectivity index (χ2n) is 9.54. The third-order valence-electron chi connectivity index (χ3n) is 6.55. The Labute approximate surface area is 245 Å². The van der Waals surface area contributed by atoms with Crippen LogP contribution >= 0.6 is 7.82 Å². The summed E-state index contributed by atoms with van der Waals surface area (Å²) in [6, 6.07) is 1.25. The number of amides is 1. The maximum absolute atomic E-state index is 14.9. The third-order valence-corrected chi connectivity index (χ3v) is 9.01. The van der Waals surface area contributed by atoms with Gasteiger partial charge in [-0.05, 0) is 37.3 Å². The molecule has 1 saturated heterocycles. The highest BCUT2D eigenvalue weighted by atomic mass is 32.2. The summed E-state index contributed by atoms with van der Waals surface area (Å²) in [5.41, 5.74) is -0.643. The van der Waals surface area contributed by atoms with E-state index < -0.39 is 95.8 Å². The summed E-state index contributed by atoms with van der Waals surface area (Å²) in [5, 5.41) is 0. The number of phosphoric acid groups is 1. The van der Waals surface area contributed by atoms with Crippen LogP contribution in [0.25, 0.3) is 11.3 Å². The Kier molecular flexibility index (Phi) is 9.48. The van der Waals surface area contributed by atoms with Crippen LogP contribution in [0.3, 0.4) is 0 Å². The van der Waals surface area contributed by atoms with Crippen molar-refractivity contribution >= 4 is 23.8 Å². The lowest BCUT2D eigenvalue weighted by molar-refractivity contribution is -0.145. The number of halogens is 6. The fourth-order valence-electron chi connectivity index (χ4n) is 4.40. The molecule has 1 aliphatic heterocycles. The number of hydrogen-bond donors (Lipinski definition) is 2. The van der Waals surface area contributed by atoms with Crippen molar-refractivity contribution in [2.24, 2.45) is 0 Å². The number of aromatic nitrogens is 3. The zero-order valence-electron chi connectivity index (χ0n) is 22.3. The van der Waals surface area contributed by atoms with Crippen molar-refractivity contribution in [3.63, 3.8) is 0 Å². The molecule has 1 aromatic carbocycles. The molecule has 2 aromatic heterocycles. The van der Waals surface area contributed by atoms with E-state index in [0.717, 1.165) is 42.7 Å². The van der Waals surface area contributed by atoms with Crippen LogP contribution in [-0.2, 0) is 36.6 Å². The summed E-state index contributed by atoms with van der Waals surface area (Å²) in [6.45, 7) is -0.875. The fourth-order valence-corrected chi connectivity index (χ4v) is 6.49. The topological polar surface area (TPSA) is 163 Å². The predicted molar refractivity (Wildman–Crippen MR) is 137 cm³/mol. The van der Waals surface area contributed by atoms with E-state index in [1.807, 2.05) is 0 Å². The summed E-state index contributed by atoms with van der Waals surface area (Å²) in [7, 11) is -9.90. The molecule has 20 heteroatoms. The van der Waals surface area contributed by atoms with Crippen molar-refractivity contribution in [1.29, 1.82) is 0 Å². The Morgan fingerprint density at radius 2 is 1.73 bits per heavy atom. The van der Waals surface area contributed by atoms with Gasteiger partial charge >= 0.3 is 14.0 Å². The van der Waals surface area contributed by atoms with Gasteiger partial charge in [0.05, 0.1) is 29.4 Å². The second-order valence-corrected chi connectivity index (χ2v) is 12.6. The largest absolute Gasteiger partial charge is 0.471 e. The van der Waals surface area contributed by atoms with E-state index in [1.54, 1.807) is 0 Å². The third kappa shape index (κ3) is 7.41. The predicted octanol–water partition coefficient (Wildman–Crippen LogP) is 3.42. The van der Waals surface area contributed by atoms with Gasteiger partial charge in [0.2, 0.25) is 21.8 Å². The average molecular weight is 669 g/mol. The van der Waals surface area contributed by atoms with E-state index in [2.05, 4.69) is 19.5 Å². The number of benzene rings is 1. The highest BCUT2D eigenvalue weighted by Crippen LogP contribution is 2.38. The molecule has 2 N–H and O–H groups in total. The first-order valence-electron chi connectivity index (χ1n) is 12.3. The molecule has 0 bridgehead atoms. The maximum Gasteiger partial charge on any atom is 0.471 e.